The molecular formula is C12H13IN4O. The summed E-state index contributed by atoms with van der Waals surface area (Å²) in [5, 5.41) is 9.35. The van der Waals surface area contributed by atoms with Crippen LogP contribution in [-0.4, -0.2) is 16.1 Å². The van der Waals surface area contributed by atoms with Crippen LogP contribution in [0.4, 0.5) is 11.5 Å². The van der Waals surface area contributed by atoms with Crippen molar-refractivity contribution >= 4 is 40.0 Å². The van der Waals surface area contributed by atoms with Crippen molar-refractivity contribution in [2.45, 2.75) is 13.8 Å². The average molecular weight is 356 g/mol. The maximum absolute atomic E-state index is 12.1. The highest BCUT2D eigenvalue weighted by molar-refractivity contribution is 14.1. The van der Waals surface area contributed by atoms with Crippen LogP contribution in [0, 0.1) is 17.4 Å². The van der Waals surface area contributed by atoms with Crippen LogP contribution in [-0.2, 0) is 0 Å². The van der Waals surface area contributed by atoms with Gasteiger partial charge in [0.1, 0.15) is 5.56 Å². The van der Waals surface area contributed by atoms with E-state index in [1.807, 2.05) is 25.1 Å². The normalized spacial score (nSPS) is 10.4. The molecule has 1 aromatic heterocycles. The lowest BCUT2D eigenvalue weighted by Gasteiger charge is -2.08. The number of anilines is 2. The van der Waals surface area contributed by atoms with Gasteiger partial charge in [0, 0.05) is 15.0 Å². The number of nitrogen functional groups attached to an aromatic ring is 1. The lowest BCUT2D eigenvalue weighted by Crippen LogP contribution is -2.15. The summed E-state index contributed by atoms with van der Waals surface area (Å²) in [6.45, 7) is 3.71. The number of hydrogen-bond donors (Lipinski definition) is 3. The third kappa shape index (κ3) is 2.47. The molecule has 1 aromatic carbocycles. The minimum Gasteiger partial charge on any atom is -0.382 e. The first-order valence-corrected chi connectivity index (χ1v) is 6.45. The van der Waals surface area contributed by atoms with E-state index in [2.05, 4.69) is 38.1 Å². The first kappa shape index (κ1) is 12.9. The number of amides is 1. The lowest BCUT2D eigenvalue weighted by molar-refractivity contribution is 0.102. The minimum absolute atomic E-state index is 0.216. The molecule has 4 N–H and O–H groups in total. The maximum atomic E-state index is 12.1. The number of carbonyl (C=O) groups is 1. The quantitative estimate of drug-likeness (QED) is 0.723. The van der Waals surface area contributed by atoms with Crippen LogP contribution in [0.1, 0.15) is 21.6 Å². The highest BCUT2D eigenvalue weighted by atomic mass is 127. The van der Waals surface area contributed by atoms with Gasteiger partial charge in [-0.1, -0.05) is 6.07 Å². The molecule has 6 heteroatoms. The number of aromatic amines is 1. The molecule has 0 unspecified atom stereocenters. The molecule has 0 aliphatic rings. The van der Waals surface area contributed by atoms with Gasteiger partial charge in [-0.05, 0) is 54.1 Å². The summed E-state index contributed by atoms with van der Waals surface area (Å²) < 4.78 is 1.06. The fourth-order valence-corrected chi connectivity index (χ4v) is 2.14. The van der Waals surface area contributed by atoms with E-state index in [-0.39, 0.29) is 11.7 Å². The maximum Gasteiger partial charge on any atom is 0.261 e. The Balaban J connectivity index is 2.30. The molecule has 0 aliphatic heterocycles. The second-order valence-corrected chi connectivity index (χ2v) is 5.27. The standard InChI is InChI=1S/C12H13IN4O/c1-6-3-4-8(13)5-9(6)15-12(18)10-7(2)16-17-11(10)14/h3-5H,1-2H3,(H,15,18)(H3,14,16,17). The summed E-state index contributed by atoms with van der Waals surface area (Å²) >= 11 is 2.20. The van der Waals surface area contributed by atoms with Gasteiger partial charge in [-0.15, -0.1) is 0 Å². The predicted octanol–water partition coefficient (Wildman–Crippen LogP) is 2.47. The van der Waals surface area contributed by atoms with E-state index in [4.69, 9.17) is 5.73 Å². The van der Waals surface area contributed by atoms with E-state index in [0.717, 1.165) is 14.8 Å². The fourth-order valence-electron chi connectivity index (χ4n) is 1.65. The van der Waals surface area contributed by atoms with E-state index in [0.29, 0.717) is 11.3 Å². The zero-order valence-electron chi connectivity index (χ0n) is 10.0. The zero-order chi connectivity index (χ0) is 13.3. The van der Waals surface area contributed by atoms with Crippen LogP contribution in [0.15, 0.2) is 18.2 Å². The number of halogens is 1. The second-order valence-electron chi connectivity index (χ2n) is 4.02. The summed E-state index contributed by atoms with van der Waals surface area (Å²) in [5.41, 5.74) is 8.50. The van der Waals surface area contributed by atoms with E-state index in [1.165, 1.54) is 0 Å². The molecule has 0 bridgehead atoms. The van der Waals surface area contributed by atoms with Gasteiger partial charge in [0.25, 0.3) is 5.91 Å². The number of rotatable bonds is 2. The van der Waals surface area contributed by atoms with Crippen molar-refractivity contribution in [2.75, 3.05) is 11.1 Å². The van der Waals surface area contributed by atoms with Crippen LogP contribution < -0.4 is 11.1 Å². The molecule has 0 saturated carbocycles. The number of nitrogens with two attached hydrogens (primary N) is 1. The summed E-state index contributed by atoms with van der Waals surface area (Å²) in [7, 11) is 0. The van der Waals surface area contributed by atoms with Gasteiger partial charge in [0.05, 0.1) is 0 Å². The Morgan fingerprint density at radius 3 is 2.78 bits per heavy atom. The topological polar surface area (TPSA) is 83.8 Å². The molecule has 1 heterocycles. The van der Waals surface area contributed by atoms with Gasteiger partial charge < -0.3 is 11.1 Å². The Labute approximate surface area is 118 Å². The second kappa shape index (κ2) is 4.97. The van der Waals surface area contributed by atoms with Crippen molar-refractivity contribution in [2.24, 2.45) is 0 Å². The van der Waals surface area contributed by atoms with Gasteiger partial charge in [0.15, 0.2) is 5.82 Å². The van der Waals surface area contributed by atoms with E-state index >= 15 is 0 Å². The average Bonchev–Trinajstić information content (AvgIpc) is 2.63. The third-order valence-corrected chi connectivity index (χ3v) is 3.32. The monoisotopic (exact) mass is 356 g/mol. The van der Waals surface area contributed by atoms with Crippen LogP contribution in [0.3, 0.4) is 0 Å². The van der Waals surface area contributed by atoms with Crippen molar-refractivity contribution in [1.82, 2.24) is 10.2 Å². The van der Waals surface area contributed by atoms with Gasteiger partial charge >= 0.3 is 0 Å². The Morgan fingerprint density at radius 2 is 2.17 bits per heavy atom. The molecule has 0 spiro atoms. The summed E-state index contributed by atoms with van der Waals surface area (Å²) in [4.78, 5) is 12.1. The number of nitrogens with zero attached hydrogens (tertiary/aromatic N) is 1. The molecule has 0 aliphatic carbocycles. The number of hydrogen-bond acceptors (Lipinski definition) is 3. The van der Waals surface area contributed by atoms with Crippen molar-refractivity contribution in [3.63, 3.8) is 0 Å². The Bertz CT molecular complexity index is 587. The van der Waals surface area contributed by atoms with Crippen molar-refractivity contribution in [1.29, 1.82) is 0 Å². The van der Waals surface area contributed by atoms with Crippen molar-refractivity contribution in [3.05, 3.63) is 38.6 Å². The highest BCUT2D eigenvalue weighted by Crippen LogP contribution is 2.20. The fraction of sp³-hybridized carbons (Fsp3) is 0.167. The lowest BCUT2D eigenvalue weighted by atomic mass is 10.1. The van der Waals surface area contributed by atoms with Crippen molar-refractivity contribution in [3.8, 4) is 0 Å². The van der Waals surface area contributed by atoms with Crippen LogP contribution in [0.25, 0.3) is 0 Å². The Hall–Kier alpha value is -1.57. The van der Waals surface area contributed by atoms with E-state index < -0.39 is 0 Å². The van der Waals surface area contributed by atoms with Crippen molar-refractivity contribution < 1.29 is 4.79 Å². The molecule has 2 aromatic rings. The minimum atomic E-state index is -0.246. The molecule has 0 atom stereocenters. The molecule has 0 saturated heterocycles. The Kier molecular flexibility index (Phi) is 3.55. The number of nitrogens with one attached hydrogen (secondary N) is 2. The van der Waals surface area contributed by atoms with E-state index in [9.17, 15) is 4.79 Å². The summed E-state index contributed by atoms with van der Waals surface area (Å²) in [5.74, 6) is -0.0304. The summed E-state index contributed by atoms with van der Waals surface area (Å²) in [6.07, 6.45) is 0. The van der Waals surface area contributed by atoms with Gasteiger partial charge in [0.2, 0.25) is 0 Å². The highest BCUT2D eigenvalue weighted by Gasteiger charge is 2.16. The van der Waals surface area contributed by atoms with E-state index in [1.54, 1.807) is 6.92 Å². The Morgan fingerprint density at radius 1 is 1.44 bits per heavy atom. The number of aromatic nitrogens is 2. The SMILES string of the molecule is Cc1ccc(I)cc1NC(=O)c1c(N)n[nH]c1C. The molecule has 94 valence electrons. The van der Waals surface area contributed by atoms with Gasteiger partial charge in [-0.3, -0.25) is 9.89 Å². The molecule has 1 amide bonds. The number of H-pyrrole nitrogens is 1. The van der Waals surface area contributed by atoms with Crippen LogP contribution in [0.5, 0.6) is 0 Å². The molecular weight excluding hydrogens is 343 g/mol. The predicted molar refractivity (Wildman–Crippen MR) is 79.6 cm³/mol. The molecule has 5 nitrogen and oxygen atoms in total. The molecule has 18 heavy (non-hydrogen) atoms. The first-order chi connectivity index (χ1) is 8.49. The largest absolute Gasteiger partial charge is 0.382 e. The summed E-state index contributed by atoms with van der Waals surface area (Å²) in [6, 6.07) is 5.87. The third-order valence-electron chi connectivity index (χ3n) is 2.65. The van der Waals surface area contributed by atoms with Crippen LogP contribution in [0.2, 0.25) is 0 Å². The number of aryl methyl sites for hydroxylation is 2. The van der Waals surface area contributed by atoms with Gasteiger partial charge in [-0.2, -0.15) is 5.10 Å². The van der Waals surface area contributed by atoms with Crippen LogP contribution >= 0.6 is 22.6 Å². The zero-order valence-corrected chi connectivity index (χ0v) is 12.2. The number of benzene rings is 1. The first-order valence-electron chi connectivity index (χ1n) is 5.37. The molecule has 2 rings (SSSR count). The molecule has 0 fully saturated rings. The number of carbonyl (C=O) groups excluding carboxylic acids is 1. The van der Waals surface area contributed by atoms with Gasteiger partial charge in [-0.25, -0.2) is 0 Å². The molecule has 0 radical (unpaired) electrons. The smallest absolute Gasteiger partial charge is 0.261 e.